The molecule has 3 rings (SSSR count). The molecule has 0 saturated carbocycles. The van der Waals surface area contributed by atoms with Crippen LogP contribution in [0.4, 0.5) is 0 Å². The third kappa shape index (κ3) is 2.83. The molecule has 5 nitrogen and oxygen atoms in total. The quantitative estimate of drug-likeness (QED) is 0.729. The number of hydrogen-bond donors (Lipinski definition) is 1. The average molecular weight is 303 g/mol. The number of rotatable bonds is 4. The highest BCUT2D eigenvalue weighted by atomic mass is 35.5. The van der Waals surface area contributed by atoms with E-state index >= 15 is 0 Å². The molecule has 0 radical (unpaired) electrons. The Kier molecular flexibility index (Phi) is 3.75. The highest BCUT2D eigenvalue weighted by molar-refractivity contribution is 6.28. The molecule has 1 atom stereocenters. The van der Waals surface area contributed by atoms with Crippen LogP contribution in [-0.4, -0.2) is 19.9 Å². The van der Waals surface area contributed by atoms with Gasteiger partial charge in [0.25, 0.3) is 0 Å². The molecule has 0 spiro atoms. The van der Waals surface area contributed by atoms with Gasteiger partial charge >= 0.3 is 0 Å². The fourth-order valence-electron chi connectivity index (χ4n) is 2.07. The Morgan fingerprint density at radius 2 is 2.00 bits per heavy atom. The van der Waals surface area contributed by atoms with Crippen LogP contribution in [0.15, 0.2) is 30.6 Å². The topological polar surface area (TPSA) is 63.7 Å². The van der Waals surface area contributed by atoms with Crippen LogP contribution in [0, 0.1) is 0 Å². The van der Waals surface area contributed by atoms with E-state index in [9.17, 15) is 0 Å². The third-order valence-electron chi connectivity index (χ3n) is 3.50. The number of hydrogen-bond acceptors (Lipinski definition) is 4. The Bertz CT molecular complexity index is 754. The zero-order valence-corrected chi connectivity index (χ0v) is 12.6. The molecule has 1 unspecified atom stereocenters. The summed E-state index contributed by atoms with van der Waals surface area (Å²) in [6.45, 7) is 4.38. The van der Waals surface area contributed by atoms with E-state index in [1.165, 1.54) is 11.9 Å². The summed E-state index contributed by atoms with van der Waals surface area (Å²) in [5, 5.41) is 0.112. The molecule has 6 heteroatoms. The standard InChI is InChI=1S/C15H15ClN4O/c1-3-9(2)10-4-6-11(7-5-10)21-14-12-13(18-8-17-12)19-15(16)20-14/h4-9H,3H2,1-2H3,(H,17,18,19,20). The smallest absolute Gasteiger partial charge is 0.250 e. The molecule has 0 amide bonds. The number of aromatic amines is 1. The number of H-pyrrole nitrogens is 1. The van der Waals surface area contributed by atoms with Gasteiger partial charge in [-0.25, -0.2) is 4.98 Å². The van der Waals surface area contributed by atoms with Crippen LogP contribution in [-0.2, 0) is 0 Å². The van der Waals surface area contributed by atoms with Crippen LogP contribution in [0.25, 0.3) is 11.2 Å². The van der Waals surface area contributed by atoms with E-state index < -0.39 is 0 Å². The summed E-state index contributed by atoms with van der Waals surface area (Å²) < 4.78 is 5.79. The summed E-state index contributed by atoms with van der Waals surface area (Å²) in [5.41, 5.74) is 2.41. The SMILES string of the molecule is CCC(C)c1ccc(Oc2nc(Cl)nc3nc[nH]c23)cc1. The predicted octanol–water partition coefficient (Wildman–Crippen LogP) is 4.31. The Morgan fingerprint density at radius 1 is 1.24 bits per heavy atom. The van der Waals surface area contributed by atoms with E-state index in [1.54, 1.807) is 0 Å². The Morgan fingerprint density at radius 3 is 2.71 bits per heavy atom. The third-order valence-corrected chi connectivity index (χ3v) is 3.67. The summed E-state index contributed by atoms with van der Waals surface area (Å²) >= 11 is 5.88. The molecule has 0 fully saturated rings. The summed E-state index contributed by atoms with van der Waals surface area (Å²) in [4.78, 5) is 15.1. The molecule has 1 aromatic carbocycles. The molecule has 3 aromatic rings. The fourth-order valence-corrected chi connectivity index (χ4v) is 2.22. The highest BCUT2D eigenvalue weighted by Crippen LogP contribution is 2.28. The average Bonchev–Trinajstić information content (AvgIpc) is 2.95. The van der Waals surface area contributed by atoms with E-state index in [0.717, 1.165) is 6.42 Å². The first-order valence-electron chi connectivity index (χ1n) is 6.81. The number of benzene rings is 1. The van der Waals surface area contributed by atoms with Crippen molar-refractivity contribution in [2.45, 2.75) is 26.2 Å². The first-order chi connectivity index (χ1) is 10.2. The molecule has 0 saturated heterocycles. The van der Waals surface area contributed by atoms with Crippen LogP contribution < -0.4 is 4.74 Å². The number of imidazole rings is 1. The lowest BCUT2D eigenvalue weighted by molar-refractivity contribution is 0.467. The molecule has 0 aliphatic carbocycles. The van der Waals surface area contributed by atoms with Crippen molar-refractivity contribution in [2.24, 2.45) is 0 Å². The molecule has 0 aliphatic rings. The van der Waals surface area contributed by atoms with Gasteiger partial charge in [0, 0.05) is 0 Å². The maximum Gasteiger partial charge on any atom is 0.250 e. The van der Waals surface area contributed by atoms with E-state index in [0.29, 0.717) is 28.7 Å². The van der Waals surface area contributed by atoms with Crippen LogP contribution >= 0.6 is 11.6 Å². The minimum Gasteiger partial charge on any atom is -0.437 e. The summed E-state index contributed by atoms with van der Waals surface area (Å²) in [5.74, 6) is 1.61. The van der Waals surface area contributed by atoms with Gasteiger partial charge in [0.05, 0.1) is 6.33 Å². The maximum absolute atomic E-state index is 5.88. The van der Waals surface area contributed by atoms with Gasteiger partial charge in [-0.2, -0.15) is 9.97 Å². The fraction of sp³-hybridized carbons (Fsp3) is 0.267. The summed E-state index contributed by atoms with van der Waals surface area (Å²) in [6, 6.07) is 7.99. The van der Waals surface area contributed by atoms with E-state index in [-0.39, 0.29) is 5.28 Å². The zero-order chi connectivity index (χ0) is 14.8. The van der Waals surface area contributed by atoms with Crippen molar-refractivity contribution in [3.63, 3.8) is 0 Å². The molecule has 21 heavy (non-hydrogen) atoms. The number of nitrogens with one attached hydrogen (secondary N) is 1. The minimum atomic E-state index is 0.112. The first kappa shape index (κ1) is 13.8. The molecular weight excluding hydrogens is 288 g/mol. The normalized spacial score (nSPS) is 12.5. The van der Waals surface area contributed by atoms with Gasteiger partial charge < -0.3 is 9.72 Å². The predicted molar refractivity (Wildman–Crippen MR) is 81.9 cm³/mol. The van der Waals surface area contributed by atoms with Gasteiger partial charge in [0.2, 0.25) is 11.2 Å². The van der Waals surface area contributed by atoms with Crippen molar-refractivity contribution >= 4 is 22.8 Å². The molecule has 108 valence electrons. The number of halogens is 1. The van der Waals surface area contributed by atoms with Crippen LogP contribution in [0.2, 0.25) is 5.28 Å². The van der Waals surface area contributed by atoms with Gasteiger partial charge in [-0.1, -0.05) is 26.0 Å². The molecular formula is C15H15ClN4O. The lowest BCUT2D eigenvalue weighted by atomic mass is 9.99. The van der Waals surface area contributed by atoms with Crippen LogP contribution in [0.3, 0.4) is 0 Å². The van der Waals surface area contributed by atoms with Crippen molar-refractivity contribution in [3.8, 4) is 11.6 Å². The number of fused-ring (bicyclic) bond motifs is 1. The number of ether oxygens (including phenoxy) is 1. The van der Waals surface area contributed by atoms with E-state index in [4.69, 9.17) is 16.3 Å². The van der Waals surface area contributed by atoms with E-state index in [1.807, 2.05) is 12.1 Å². The van der Waals surface area contributed by atoms with Crippen molar-refractivity contribution in [2.75, 3.05) is 0 Å². The van der Waals surface area contributed by atoms with Crippen molar-refractivity contribution in [1.29, 1.82) is 0 Å². The second-order valence-corrected chi connectivity index (χ2v) is 5.22. The minimum absolute atomic E-state index is 0.112. The van der Waals surface area contributed by atoms with Crippen molar-refractivity contribution in [3.05, 3.63) is 41.4 Å². The Labute approximate surface area is 127 Å². The molecule has 0 bridgehead atoms. The lowest BCUT2D eigenvalue weighted by Crippen LogP contribution is -1.94. The maximum atomic E-state index is 5.88. The summed E-state index contributed by atoms with van der Waals surface area (Å²) in [7, 11) is 0. The number of nitrogens with zero attached hydrogens (tertiary/aromatic N) is 3. The highest BCUT2D eigenvalue weighted by Gasteiger charge is 2.11. The molecule has 2 heterocycles. The first-order valence-corrected chi connectivity index (χ1v) is 7.19. The molecule has 1 N–H and O–H groups in total. The second-order valence-electron chi connectivity index (χ2n) is 4.88. The lowest BCUT2D eigenvalue weighted by Gasteiger charge is -2.10. The van der Waals surface area contributed by atoms with E-state index in [2.05, 4.69) is 45.9 Å². The monoisotopic (exact) mass is 302 g/mol. The zero-order valence-electron chi connectivity index (χ0n) is 11.8. The van der Waals surface area contributed by atoms with Gasteiger partial charge in [-0.05, 0) is 41.6 Å². The Hall–Kier alpha value is -2.14. The van der Waals surface area contributed by atoms with Crippen molar-refractivity contribution < 1.29 is 4.74 Å². The second kappa shape index (κ2) is 5.69. The Balaban J connectivity index is 1.90. The number of aromatic nitrogens is 4. The van der Waals surface area contributed by atoms with Gasteiger partial charge in [-0.3, -0.25) is 0 Å². The van der Waals surface area contributed by atoms with Gasteiger partial charge in [0.1, 0.15) is 11.3 Å². The van der Waals surface area contributed by atoms with Crippen LogP contribution in [0.1, 0.15) is 31.7 Å². The van der Waals surface area contributed by atoms with Gasteiger partial charge in [0.15, 0.2) is 5.65 Å². The summed E-state index contributed by atoms with van der Waals surface area (Å²) in [6.07, 6.45) is 2.64. The molecule has 0 aliphatic heterocycles. The largest absolute Gasteiger partial charge is 0.437 e. The van der Waals surface area contributed by atoms with Crippen molar-refractivity contribution in [1.82, 2.24) is 19.9 Å². The van der Waals surface area contributed by atoms with Gasteiger partial charge in [-0.15, -0.1) is 0 Å². The molecule has 2 aromatic heterocycles. The van der Waals surface area contributed by atoms with Crippen LogP contribution in [0.5, 0.6) is 11.6 Å².